The van der Waals surface area contributed by atoms with Crippen LogP contribution in [0.15, 0.2) is 36.5 Å². The summed E-state index contributed by atoms with van der Waals surface area (Å²) in [5, 5.41) is 4.97. The van der Waals surface area contributed by atoms with Crippen LogP contribution in [0, 0.1) is 12.5 Å². The molecule has 1 N–H and O–H groups in total. The second-order valence-corrected chi connectivity index (χ2v) is 2.69. The summed E-state index contributed by atoms with van der Waals surface area (Å²) in [4.78, 5) is 4.14. The van der Waals surface area contributed by atoms with Crippen molar-refractivity contribution in [1.82, 2.24) is 4.98 Å². The third-order valence-corrected chi connectivity index (χ3v) is 1.83. The average molecular weight is 168 g/mol. The zero-order valence-corrected chi connectivity index (χ0v) is 6.99. The smallest absolute Gasteiger partial charge is 0.138 e. The molecule has 2 rings (SSSR count). The van der Waals surface area contributed by atoms with Gasteiger partial charge in [0.2, 0.25) is 0 Å². The molecule has 0 atom stereocenters. The Balaban J connectivity index is 2.57. The van der Waals surface area contributed by atoms with Crippen molar-refractivity contribution in [2.24, 2.45) is 0 Å². The van der Waals surface area contributed by atoms with Crippen LogP contribution in [0.5, 0.6) is 0 Å². The summed E-state index contributed by atoms with van der Waals surface area (Å²) in [6.07, 6.45) is 6.90. The van der Waals surface area contributed by atoms with Crippen molar-refractivity contribution in [3.8, 4) is 12.5 Å². The first-order valence-electron chi connectivity index (χ1n) is 3.96. The van der Waals surface area contributed by atoms with Crippen LogP contribution in [0.1, 0.15) is 0 Å². The Bertz CT molecular complexity index is 469. The Labute approximate surface area is 76.6 Å². The van der Waals surface area contributed by atoms with Crippen LogP contribution in [0.4, 0.5) is 5.82 Å². The molecule has 1 heterocycles. The largest absolute Gasteiger partial charge is 0.300 e. The zero-order valence-electron chi connectivity index (χ0n) is 6.99. The van der Waals surface area contributed by atoms with Gasteiger partial charge in [-0.1, -0.05) is 30.7 Å². The summed E-state index contributed by atoms with van der Waals surface area (Å²) in [7, 11) is 0. The van der Waals surface area contributed by atoms with Crippen LogP contribution >= 0.6 is 0 Å². The van der Waals surface area contributed by atoms with E-state index < -0.39 is 0 Å². The molecule has 1 aromatic heterocycles. The zero-order chi connectivity index (χ0) is 9.10. The quantitative estimate of drug-likeness (QED) is 0.521. The van der Waals surface area contributed by atoms with E-state index in [-0.39, 0.29) is 0 Å². The van der Waals surface area contributed by atoms with E-state index in [2.05, 4.69) is 16.3 Å². The lowest BCUT2D eigenvalue weighted by molar-refractivity contribution is 1.35. The molecular weight excluding hydrogens is 160 g/mol. The second kappa shape index (κ2) is 3.16. The summed E-state index contributed by atoms with van der Waals surface area (Å²) in [6.45, 7) is 0. The summed E-state index contributed by atoms with van der Waals surface area (Å²) in [5.41, 5.74) is 0. The number of rotatable bonds is 1. The van der Waals surface area contributed by atoms with Crippen molar-refractivity contribution in [3.05, 3.63) is 36.5 Å². The maximum atomic E-state index is 5.10. The summed E-state index contributed by atoms with van der Waals surface area (Å²) >= 11 is 0. The van der Waals surface area contributed by atoms with Gasteiger partial charge in [0.1, 0.15) is 5.82 Å². The minimum absolute atomic E-state index is 0.709. The van der Waals surface area contributed by atoms with Gasteiger partial charge in [-0.3, -0.25) is 5.32 Å². The fourth-order valence-corrected chi connectivity index (χ4v) is 1.23. The van der Waals surface area contributed by atoms with Crippen molar-refractivity contribution in [2.45, 2.75) is 0 Å². The van der Waals surface area contributed by atoms with Crippen molar-refractivity contribution in [2.75, 3.05) is 5.32 Å². The van der Waals surface area contributed by atoms with Crippen LogP contribution < -0.4 is 5.32 Å². The minimum Gasteiger partial charge on any atom is -0.300 e. The second-order valence-electron chi connectivity index (χ2n) is 2.69. The Morgan fingerprint density at radius 2 is 2.00 bits per heavy atom. The molecule has 0 fully saturated rings. The van der Waals surface area contributed by atoms with E-state index in [0.717, 1.165) is 10.8 Å². The summed E-state index contributed by atoms with van der Waals surface area (Å²) < 4.78 is 0. The maximum absolute atomic E-state index is 5.10. The number of nitrogens with one attached hydrogen (secondary N) is 1. The molecule has 0 aliphatic rings. The number of benzene rings is 1. The normalized spacial score (nSPS) is 9.46. The monoisotopic (exact) mass is 168 g/mol. The first-order chi connectivity index (χ1) is 6.40. The van der Waals surface area contributed by atoms with Crippen LogP contribution in [0.2, 0.25) is 0 Å². The van der Waals surface area contributed by atoms with Gasteiger partial charge in [0.25, 0.3) is 0 Å². The number of fused-ring (bicyclic) bond motifs is 1. The Kier molecular flexibility index (Phi) is 1.85. The SMILES string of the molecule is C#CNc1cc2ccccc2cn1. The number of terminal acetylenes is 1. The molecule has 0 unspecified atom stereocenters. The van der Waals surface area contributed by atoms with E-state index in [1.165, 1.54) is 0 Å². The molecule has 1 aromatic carbocycles. The molecule has 0 spiro atoms. The fraction of sp³-hybridized carbons (Fsp3) is 0. The highest BCUT2D eigenvalue weighted by molar-refractivity contribution is 5.83. The summed E-state index contributed by atoms with van der Waals surface area (Å²) in [5.74, 6) is 0.709. The first-order valence-corrected chi connectivity index (χ1v) is 3.96. The third kappa shape index (κ3) is 1.45. The van der Waals surface area contributed by atoms with Crippen molar-refractivity contribution in [3.63, 3.8) is 0 Å². The lowest BCUT2D eigenvalue weighted by Gasteiger charge is -1.99. The van der Waals surface area contributed by atoms with Gasteiger partial charge >= 0.3 is 0 Å². The van der Waals surface area contributed by atoms with Crippen LogP contribution in [0.25, 0.3) is 10.8 Å². The van der Waals surface area contributed by atoms with Gasteiger partial charge < -0.3 is 0 Å². The predicted molar refractivity (Wildman–Crippen MR) is 54.2 cm³/mol. The van der Waals surface area contributed by atoms with Gasteiger partial charge in [-0.25, -0.2) is 4.98 Å². The van der Waals surface area contributed by atoms with Crippen molar-refractivity contribution < 1.29 is 0 Å². The number of nitrogens with zero attached hydrogens (tertiary/aromatic N) is 1. The van der Waals surface area contributed by atoms with Crippen LogP contribution in [0.3, 0.4) is 0 Å². The number of anilines is 1. The Morgan fingerprint density at radius 1 is 1.23 bits per heavy atom. The fourth-order valence-electron chi connectivity index (χ4n) is 1.23. The highest BCUT2D eigenvalue weighted by Gasteiger charge is 1.94. The number of pyridine rings is 1. The molecule has 0 amide bonds. The molecule has 13 heavy (non-hydrogen) atoms. The van der Waals surface area contributed by atoms with Gasteiger partial charge in [0.05, 0.1) is 0 Å². The van der Waals surface area contributed by atoms with Gasteiger partial charge in [0.15, 0.2) is 0 Å². The maximum Gasteiger partial charge on any atom is 0.138 e. The topological polar surface area (TPSA) is 24.9 Å². The molecule has 0 saturated carbocycles. The lowest BCUT2D eigenvalue weighted by atomic mass is 10.2. The number of hydrogen-bond donors (Lipinski definition) is 1. The van der Waals surface area contributed by atoms with E-state index in [4.69, 9.17) is 6.42 Å². The van der Waals surface area contributed by atoms with Crippen molar-refractivity contribution in [1.29, 1.82) is 0 Å². The molecule has 0 saturated heterocycles. The molecule has 0 bridgehead atoms. The van der Waals surface area contributed by atoms with Crippen LogP contribution in [-0.4, -0.2) is 4.98 Å². The molecule has 0 aliphatic carbocycles. The lowest BCUT2D eigenvalue weighted by Crippen LogP contribution is -1.90. The van der Waals surface area contributed by atoms with Gasteiger partial charge in [-0.2, -0.15) is 0 Å². The Hall–Kier alpha value is -2.01. The molecule has 2 heteroatoms. The van der Waals surface area contributed by atoms with E-state index in [1.54, 1.807) is 6.20 Å². The minimum atomic E-state index is 0.709. The van der Waals surface area contributed by atoms with Gasteiger partial charge in [-0.05, 0) is 11.5 Å². The predicted octanol–water partition coefficient (Wildman–Crippen LogP) is 2.24. The van der Waals surface area contributed by atoms with E-state index >= 15 is 0 Å². The number of hydrogen-bond acceptors (Lipinski definition) is 2. The highest BCUT2D eigenvalue weighted by Crippen LogP contribution is 2.15. The molecule has 2 aromatic rings. The van der Waals surface area contributed by atoms with Crippen molar-refractivity contribution >= 4 is 16.6 Å². The van der Waals surface area contributed by atoms with Gasteiger partial charge in [0, 0.05) is 17.6 Å². The van der Waals surface area contributed by atoms with E-state index in [9.17, 15) is 0 Å². The van der Waals surface area contributed by atoms with Gasteiger partial charge in [-0.15, -0.1) is 0 Å². The average Bonchev–Trinajstić information content (AvgIpc) is 2.18. The summed E-state index contributed by atoms with van der Waals surface area (Å²) in [6, 6.07) is 12.3. The Morgan fingerprint density at radius 3 is 2.77 bits per heavy atom. The molecule has 0 aliphatic heterocycles. The number of aromatic nitrogens is 1. The van der Waals surface area contributed by atoms with E-state index in [0.29, 0.717) is 5.82 Å². The molecule has 2 nitrogen and oxygen atoms in total. The highest BCUT2D eigenvalue weighted by atomic mass is 15.0. The molecular formula is C11H8N2. The third-order valence-electron chi connectivity index (χ3n) is 1.83. The standard InChI is InChI=1S/C11H8N2/c1-2-12-11-7-9-5-3-4-6-10(9)8-13-11/h1,3-8H,(H,12,13). The molecule has 0 radical (unpaired) electrons. The van der Waals surface area contributed by atoms with Crippen LogP contribution in [-0.2, 0) is 0 Å². The molecule has 62 valence electrons. The first kappa shape index (κ1) is 7.63. The van der Waals surface area contributed by atoms with E-state index in [1.807, 2.05) is 30.3 Å².